The van der Waals surface area contributed by atoms with E-state index in [9.17, 15) is 13.2 Å². The SMILES string of the molecule is FC(F)(F)CC=CC=CC1=[C]([Zr+2])CC=C1.[H-].[H-]. The summed E-state index contributed by atoms with van der Waals surface area (Å²) in [6.07, 6.45) is 6.13. The summed E-state index contributed by atoms with van der Waals surface area (Å²) in [5, 5.41) is 0. The zero-order chi connectivity index (χ0) is 11.3. The minimum absolute atomic E-state index is 0. The van der Waals surface area contributed by atoms with Crippen LogP contribution in [0.2, 0.25) is 0 Å². The van der Waals surface area contributed by atoms with E-state index in [1.54, 1.807) is 6.08 Å². The van der Waals surface area contributed by atoms with Crippen LogP contribution in [0.25, 0.3) is 0 Å². The number of halogens is 3. The molecule has 0 radical (unpaired) electrons. The van der Waals surface area contributed by atoms with Gasteiger partial charge in [0.1, 0.15) is 0 Å². The first-order valence-corrected chi connectivity index (χ1v) is 5.73. The third kappa shape index (κ3) is 5.31. The molecule has 0 bridgehead atoms. The van der Waals surface area contributed by atoms with Crippen LogP contribution < -0.4 is 0 Å². The predicted octanol–water partition coefficient (Wildman–Crippen LogP) is 4.04. The molecule has 0 fully saturated rings. The van der Waals surface area contributed by atoms with Gasteiger partial charge in [-0.2, -0.15) is 0 Å². The molecule has 0 aromatic carbocycles. The molecule has 0 aromatic heterocycles. The molecule has 0 spiro atoms. The molecule has 1 aliphatic rings. The fourth-order valence-electron chi connectivity index (χ4n) is 1.12. The van der Waals surface area contributed by atoms with Crippen molar-refractivity contribution < 1.29 is 40.7 Å². The molecule has 4 heteroatoms. The summed E-state index contributed by atoms with van der Waals surface area (Å²) < 4.78 is 36.6. The van der Waals surface area contributed by atoms with Crippen molar-refractivity contribution in [1.29, 1.82) is 0 Å². The van der Waals surface area contributed by atoms with Crippen molar-refractivity contribution in [3.05, 3.63) is 45.3 Å². The molecule has 0 aromatic rings. The third-order valence-corrected chi connectivity index (χ3v) is 3.05. The molecule has 0 amide bonds. The van der Waals surface area contributed by atoms with Gasteiger partial charge in [0.2, 0.25) is 0 Å². The fraction of sp³-hybridized carbons (Fsp3) is 0.273. The molecule has 15 heavy (non-hydrogen) atoms. The molecule has 0 saturated heterocycles. The van der Waals surface area contributed by atoms with E-state index in [4.69, 9.17) is 0 Å². The molecule has 81 valence electrons. The van der Waals surface area contributed by atoms with Gasteiger partial charge < -0.3 is 2.85 Å². The van der Waals surface area contributed by atoms with Crippen LogP contribution in [0.3, 0.4) is 0 Å². The first kappa shape index (κ1) is 12.7. The summed E-state index contributed by atoms with van der Waals surface area (Å²) in [6, 6.07) is 0. The van der Waals surface area contributed by atoms with Crippen molar-refractivity contribution in [2.75, 3.05) is 0 Å². The van der Waals surface area contributed by atoms with Gasteiger partial charge in [-0.25, -0.2) is 0 Å². The second-order valence-corrected chi connectivity index (χ2v) is 4.63. The topological polar surface area (TPSA) is 0 Å². The molecule has 0 N–H and O–H groups in total. The van der Waals surface area contributed by atoms with Gasteiger partial charge in [0.25, 0.3) is 0 Å². The average Bonchev–Trinajstić information content (AvgIpc) is 2.49. The van der Waals surface area contributed by atoms with Crippen molar-refractivity contribution >= 4 is 0 Å². The average molecular weight is 292 g/mol. The van der Waals surface area contributed by atoms with E-state index in [0.717, 1.165) is 18.1 Å². The zero-order valence-electron chi connectivity index (χ0n) is 10.0. The molecule has 1 aliphatic carbocycles. The Bertz CT molecular complexity index is 341. The molecule has 0 unspecified atom stereocenters. The Labute approximate surface area is 105 Å². The monoisotopic (exact) mass is 291 g/mol. The van der Waals surface area contributed by atoms with E-state index in [2.05, 4.69) is 6.08 Å². The fourth-order valence-corrected chi connectivity index (χ4v) is 1.82. The Morgan fingerprint density at radius 1 is 1.40 bits per heavy atom. The van der Waals surface area contributed by atoms with Gasteiger partial charge >= 0.3 is 102 Å². The summed E-state index contributed by atoms with van der Waals surface area (Å²) in [7, 11) is 0. The van der Waals surface area contributed by atoms with Crippen molar-refractivity contribution in [3.8, 4) is 0 Å². The van der Waals surface area contributed by atoms with Crippen molar-refractivity contribution in [2.45, 2.75) is 19.0 Å². The van der Waals surface area contributed by atoms with E-state index >= 15 is 0 Å². The molecule has 0 saturated carbocycles. The van der Waals surface area contributed by atoms with Gasteiger partial charge in [-0.3, -0.25) is 0 Å². The summed E-state index contributed by atoms with van der Waals surface area (Å²) in [5.74, 6) is 0. The Morgan fingerprint density at radius 2 is 2.13 bits per heavy atom. The van der Waals surface area contributed by atoms with Crippen LogP contribution in [0.5, 0.6) is 0 Å². The predicted molar refractivity (Wildman–Crippen MR) is 52.0 cm³/mol. The number of allylic oxidation sites excluding steroid dienone is 8. The number of hydrogen-bond acceptors (Lipinski definition) is 0. The summed E-state index contributed by atoms with van der Waals surface area (Å²) in [6.45, 7) is 0. The van der Waals surface area contributed by atoms with Gasteiger partial charge in [-0.15, -0.1) is 0 Å². The molecular weight excluding hydrogens is 280 g/mol. The van der Waals surface area contributed by atoms with Crippen LogP contribution in [-0.4, -0.2) is 6.18 Å². The van der Waals surface area contributed by atoms with E-state index in [1.807, 2.05) is 12.2 Å². The third-order valence-electron chi connectivity index (χ3n) is 1.84. The van der Waals surface area contributed by atoms with E-state index in [0.29, 0.717) is 0 Å². The minimum Gasteiger partial charge on any atom is -1.00 e. The summed E-state index contributed by atoms with van der Waals surface area (Å²) in [5.41, 5.74) is 1.13. The van der Waals surface area contributed by atoms with Crippen LogP contribution in [0, 0.1) is 0 Å². The molecule has 0 heterocycles. The molecule has 0 atom stereocenters. The van der Waals surface area contributed by atoms with Gasteiger partial charge in [0.05, 0.1) is 0 Å². The number of alkyl halides is 3. The minimum atomic E-state index is -4.10. The second kappa shape index (κ2) is 5.64. The maximum Gasteiger partial charge on any atom is -1.00 e. The smallest absolute Gasteiger partial charge is 1.00 e. The summed E-state index contributed by atoms with van der Waals surface area (Å²) in [4.78, 5) is 0. The van der Waals surface area contributed by atoms with E-state index in [-0.39, 0.29) is 2.85 Å². The standard InChI is InChI=1S/C11H10F3.Zr.2H/c12-11(13,14)9-5-1-2-6-10-7-3-4-8-10;;;/h1-3,5-7H,4,9H2;;;/q;+2;2*-1. The second-order valence-electron chi connectivity index (χ2n) is 3.15. The molecule has 1 rings (SSSR count). The van der Waals surface area contributed by atoms with E-state index in [1.165, 1.54) is 34.1 Å². The normalized spacial score (nSPS) is 17.7. The molecular formula is C11H12F3Zr. The quantitative estimate of drug-likeness (QED) is 0.689. The van der Waals surface area contributed by atoms with Crippen LogP contribution in [0.4, 0.5) is 13.2 Å². The molecule has 0 aliphatic heterocycles. The van der Waals surface area contributed by atoms with Gasteiger partial charge in [0.15, 0.2) is 0 Å². The largest absolute Gasteiger partial charge is 1.00 e. The Balaban J connectivity index is 0. The maximum atomic E-state index is 11.8. The van der Waals surface area contributed by atoms with Crippen molar-refractivity contribution in [3.63, 3.8) is 0 Å². The Morgan fingerprint density at radius 3 is 2.67 bits per heavy atom. The van der Waals surface area contributed by atoms with Crippen molar-refractivity contribution in [1.82, 2.24) is 0 Å². The zero-order valence-corrected chi connectivity index (χ0v) is 10.5. The van der Waals surface area contributed by atoms with Crippen molar-refractivity contribution in [2.24, 2.45) is 0 Å². The van der Waals surface area contributed by atoms with Crippen LogP contribution in [-0.2, 0) is 24.7 Å². The van der Waals surface area contributed by atoms with Crippen LogP contribution >= 0.6 is 0 Å². The van der Waals surface area contributed by atoms with Gasteiger partial charge in [-0.05, 0) is 0 Å². The number of rotatable bonds is 3. The summed E-state index contributed by atoms with van der Waals surface area (Å²) >= 11 is 1.36. The van der Waals surface area contributed by atoms with Gasteiger partial charge in [0, 0.05) is 0 Å². The maximum absolute atomic E-state index is 11.8. The first-order valence-electron chi connectivity index (χ1n) is 4.50. The van der Waals surface area contributed by atoms with Crippen LogP contribution in [0.1, 0.15) is 15.7 Å². The van der Waals surface area contributed by atoms with Gasteiger partial charge in [-0.1, -0.05) is 0 Å². The Hall–Kier alpha value is -0.367. The molecule has 0 nitrogen and oxygen atoms in total. The first-order chi connectivity index (χ1) is 6.99. The van der Waals surface area contributed by atoms with Crippen LogP contribution in [0.15, 0.2) is 45.3 Å². The Kier molecular flexibility index (Phi) is 4.78. The number of hydrogen-bond donors (Lipinski definition) is 0. The van der Waals surface area contributed by atoms with E-state index < -0.39 is 12.6 Å².